The first-order chi connectivity index (χ1) is 8.81. The van der Waals surface area contributed by atoms with Gasteiger partial charge in [0.25, 0.3) is 5.22 Å². The Morgan fingerprint density at radius 3 is 2.94 bits per heavy atom. The lowest BCUT2D eigenvalue weighted by atomic mass is 10.1. The molecule has 0 spiro atoms. The van der Waals surface area contributed by atoms with Crippen molar-refractivity contribution in [3.8, 4) is 0 Å². The van der Waals surface area contributed by atoms with E-state index in [0.29, 0.717) is 11.3 Å². The van der Waals surface area contributed by atoms with Crippen molar-refractivity contribution in [3.63, 3.8) is 0 Å². The molecule has 4 heteroatoms. The molecule has 1 atom stereocenters. The van der Waals surface area contributed by atoms with Gasteiger partial charge in [0.1, 0.15) is 6.26 Å². The van der Waals surface area contributed by atoms with Crippen molar-refractivity contribution in [2.75, 3.05) is 6.54 Å². The summed E-state index contributed by atoms with van der Waals surface area (Å²) in [6.07, 6.45) is 4.41. The number of nitrogens with zero attached hydrogens (tertiary/aromatic N) is 1. The molecular formula is C14H18N2OS. The maximum atomic E-state index is 5.28. The fourth-order valence-corrected chi connectivity index (χ4v) is 2.67. The predicted octanol–water partition coefficient (Wildman–Crippen LogP) is 3.89. The van der Waals surface area contributed by atoms with Crippen LogP contribution in [-0.2, 0) is 0 Å². The van der Waals surface area contributed by atoms with E-state index in [0.717, 1.165) is 13.0 Å². The minimum atomic E-state index is 0.337. The highest BCUT2D eigenvalue weighted by Crippen LogP contribution is 2.32. The van der Waals surface area contributed by atoms with Gasteiger partial charge in [0, 0.05) is 10.9 Å². The molecule has 96 valence electrons. The first kappa shape index (κ1) is 13.2. The molecule has 2 aromatic rings. The summed E-state index contributed by atoms with van der Waals surface area (Å²) < 4.78 is 5.28. The summed E-state index contributed by atoms with van der Waals surface area (Å²) in [5.41, 5.74) is 1.29. The number of rotatable bonds is 6. The second-order valence-corrected chi connectivity index (χ2v) is 5.11. The third-order valence-electron chi connectivity index (χ3n) is 2.69. The monoisotopic (exact) mass is 262 g/mol. The van der Waals surface area contributed by atoms with Crippen molar-refractivity contribution < 1.29 is 4.42 Å². The van der Waals surface area contributed by atoms with E-state index in [1.165, 1.54) is 10.5 Å². The lowest BCUT2D eigenvalue weighted by Gasteiger charge is -2.16. The smallest absolute Gasteiger partial charge is 0.260 e. The van der Waals surface area contributed by atoms with E-state index in [1.807, 2.05) is 6.07 Å². The number of benzene rings is 1. The highest BCUT2D eigenvalue weighted by molar-refractivity contribution is 7.99. The van der Waals surface area contributed by atoms with Crippen molar-refractivity contribution >= 4 is 11.8 Å². The summed E-state index contributed by atoms with van der Waals surface area (Å²) in [6, 6.07) is 8.71. The van der Waals surface area contributed by atoms with Gasteiger partial charge in [-0.25, -0.2) is 4.98 Å². The summed E-state index contributed by atoms with van der Waals surface area (Å²) in [5, 5.41) is 4.19. The van der Waals surface area contributed by atoms with E-state index in [1.54, 1.807) is 24.2 Å². The van der Waals surface area contributed by atoms with Crippen molar-refractivity contribution in [1.29, 1.82) is 0 Å². The first-order valence-corrected chi connectivity index (χ1v) is 7.02. The zero-order chi connectivity index (χ0) is 12.8. The zero-order valence-electron chi connectivity index (χ0n) is 10.7. The van der Waals surface area contributed by atoms with Crippen LogP contribution >= 0.6 is 11.8 Å². The molecule has 1 unspecified atom stereocenters. The zero-order valence-corrected chi connectivity index (χ0v) is 11.5. The number of oxazole rings is 1. The lowest BCUT2D eigenvalue weighted by molar-refractivity contribution is 0.454. The Kier molecular flexibility index (Phi) is 4.84. The Morgan fingerprint density at radius 2 is 2.22 bits per heavy atom. The largest absolute Gasteiger partial charge is 0.440 e. The molecule has 0 fully saturated rings. The second kappa shape index (κ2) is 6.61. The van der Waals surface area contributed by atoms with Crippen LogP contribution in [0.25, 0.3) is 0 Å². The number of aromatic nitrogens is 1. The molecule has 0 amide bonds. The molecule has 2 rings (SSSR count). The SMILES string of the molecule is CCCNC(C)c1ccccc1Sc1ncco1. The average Bonchev–Trinajstić information content (AvgIpc) is 2.89. The molecule has 0 saturated carbocycles. The van der Waals surface area contributed by atoms with E-state index in [2.05, 4.69) is 42.3 Å². The summed E-state index contributed by atoms with van der Waals surface area (Å²) in [7, 11) is 0. The number of hydrogen-bond donors (Lipinski definition) is 1. The molecule has 1 aromatic heterocycles. The van der Waals surface area contributed by atoms with Gasteiger partial charge in [-0.3, -0.25) is 0 Å². The number of nitrogens with one attached hydrogen (secondary N) is 1. The van der Waals surface area contributed by atoms with E-state index >= 15 is 0 Å². The number of hydrogen-bond acceptors (Lipinski definition) is 4. The molecular weight excluding hydrogens is 244 g/mol. The quantitative estimate of drug-likeness (QED) is 0.857. The predicted molar refractivity (Wildman–Crippen MR) is 73.8 cm³/mol. The van der Waals surface area contributed by atoms with E-state index in [4.69, 9.17) is 4.42 Å². The van der Waals surface area contributed by atoms with E-state index < -0.39 is 0 Å². The van der Waals surface area contributed by atoms with Gasteiger partial charge in [0.2, 0.25) is 0 Å². The van der Waals surface area contributed by atoms with Gasteiger partial charge in [0.05, 0.1) is 6.20 Å². The molecule has 18 heavy (non-hydrogen) atoms. The molecule has 1 N–H and O–H groups in total. The summed E-state index contributed by atoms with van der Waals surface area (Å²) in [4.78, 5) is 5.34. The van der Waals surface area contributed by atoms with Crippen molar-refractivity contribution in [2.45, 2.75) is 36.4 Å². The van der Waals surface area contributed by atoms with Crippen LogP contribution < -0.4 is 5.32 Å². The van der Waals surface area contributed by atoms with Crippen LogP contribution in [0.4, 0.5) is 0 Å². The third-order valence-corrected chi connectivity index (χ3v) is 3.66. The Bertz CT molecular complexity index is 470. The maximum Gasteiger partial charge on any atom is 0.260 e. The highest BCUT2D eigenvalue weighted by atomic mass is 32.2. The summed E-state index contributed by atoms with van der Waals surface area (Å²) >= 11 is 1.56. The van der Waals surface area contributed by atoms with Crippen LogP contribution in [0.2, 0.25) is 0 Å². The highest BCUT2D eigenvalue weighted by Gasteiger charge is 2.11. The Morgan fingerprint density at radius 1 is 1.39 bits per heavy atom. The van der Waals surface area contributed by atoms with Crippen LogP contribution in [0.15, 0.2) is 51.3 Å². The van der Waals surface area contributed by atoms with Crippen LogP contribution in [0, 0.1) is 0 Å². The third kappa shape index (κ3) is 3.37. The molecule has 0 bridgehead atoms. The average molecular weight is 262 g/mol. The molecule has 1 heterocycles. The molecule has 0 aliphatic carbocycles. The fourth-order valence-electron chi connectivity index (χ4n) is 1.76. The Balaban J connectivity index is 2.14. The first-order valence-electron chi connectivity index (χ1n) is 6.21. The topological polar surface area (TPSA) is 38.1 Å². The van der Waals surface area contributed by atoms with Crippen molar-refractivity contribution in [2.24, 2.45) is 0 Å². The molecule has 0 aliphatic rings. The van der Waals surface area contributed by atoms with Gasteiger partial charge >= 0.3 is 0 Å². The molecule has 0 aliphatic heterocycles. The van der Waals surface area contributed by atoms with Crippen LogP contribution in [0.3, 0.4) is 0 Å². The minimum Gasteiger partial charge on any atom is -0.440 e. The standard InChI is InChI=1S/C14H18N2OS/c1-3-8-15-11(2)12-6-4-5-7-13(12)18-14-16-9-10-17-14/h4-7,9-11,15H,3,8H2,1-2H3. The van der Waals surface area contributed by atoms with Crippen molar-refractivity contribution in [3.05, 3.63) is 42.3 Å². The Hall–Kier alpha value is -1.26. The van der Waals surface area contributed by atoms with E-state index in [-0.39, 0.29) is 0 Å². The second-order valence-electron chi connectivity index (χ2n) is 4.11. The van der Waals surface area contributed by atoms with Gasteiger partial charge in [-0.15, -0.1) is 0 Å². The van der Waals surface area contributed by atoms with Gasteiger partial charge in [0.15, 0.2) is 0 Å². The molecule has 0 radical (unpaired) electrons. The fraction of sp³-hybridized carbons (Fsp3) is 0.357. The lowest BCUT2D eigenvalue weighted by Crippen LogP contribution is -2.19. The van der Waals surface area contributed by atoms with Crippen LogP contribution in [0.5, 0.6) is 0 Å². The van der Waals surface area contributed by atoms with Crippen molar-refractivity contribution in [1.82, 2.24) is 10.3 Å². The normalized spacial score (nSPS) is 12.6. The van der Waals surface area contributed by atoms with Gasteiger partial charge in [-0.1, -0.05) is 25.1 Å². The minimum absolute atomic E-state index is 0.337. The molecule has 0 saturated heterocycles. The van der Waals surface area contributed by atoms with Gasteiger partial charge in [-0.05, 0) is 43.3 Å². The molecule has 1 aromatic carbocycles. The van der Waals surface area contributed by atoms with Crippen LogP contribution in [0.1, 0.15) is 31.9 Å². The maximum absolute atomic E-state index is 5.28. The Labute approximate surface area is 112 Å². The summed E-state index contributed by atoms with van der Waals surface area (Å²) in [5.74, 6) is 0. The van der Waals surface area contributed by atoms with Crippen LogP contribution in [-0.4, -0.2) is 11.5 Å². The summed E-state index contributed by atoms with van der Waals surface area (Å²) in [6.45, 7) is 5.39. The molecule has 3 nitrogen and oxygen atoms in total. The van der Waals surface area contributed by atoms with E-state index in [9.17, 15) is 0 Å². The van der Waals surface area contributed by atoms with Gasteiger partial charge < -0.3 is 9.73 Å². The van der Waals surface area contributed by atoms with Gasteiger partial charge in [-0.2, -0.15) is 0 Å².